The molecule has 0 aliphatic rings. The van der Waals surface area contributed by atoms with Crippen molar-refractivity contribution in [3.8, 4) is 0 Å². The lowest BCUT2D eigenvalue weighted by Gasteiger charge is -2.19. The lowest BCUT2D eigenvalue weighted by Crippen LogP contribution is -2.46. The maximum atomic E-state index is 10.9. The summed E-state index contributed by atoms with van der Waals surface area (Å²) in [6.07, 6.45) is 0.351. The monoisotopic (exact) mass is 207 g/mol. The lowest BCUT2D eigenvalue weighted by molar-refractivity contribution is -0.142. The van der Waals surface area contributed by atoms with Crippen LogP contribution in [0, 0.1) is 13.8 Å². The molecule has 82 valence electrons. The third kappa shape index (κ3) is 2.80. The molecule has 1 unspecified atom stereocenters. The van der Waals surface area contributed by atoms with E-state index in [1.807, 2.05) is 32.0 Å². The lowest BCUT2D eigenvalue weighted by atomic mass is 9.92. The predicted octanol–water partition coefficient (Wildman–Crippen LogP) is 1.65. The van der Waals surface area contributed by atoms with Crippen LogP contribution in [0.15, 0.2) is 18.2 Å². The molecule has 1 aromatic rings. The van der Waals surface area contributed by atoms with E-state index in [9.17, 15) is 4.79 Å². The Labute approximate surface area is 89.9 Å². The summed E-state index contributed by atoms with van der Waals surface area (Å²) in [5.41, 5.74) is 7.81. The highest BCUT2D eigenvalue weighted by atomic mass is 16.4. The standard InChI is InChI=1S/C12H17NO2/c1-8-4-5-10(6-9(8)2)7-12(3,13)11(14)15/h4-6H,7,13H2,1-3H3,(H,14,15). The van der Waals surface area contributed by atoms with Gasteiger partial charge in [0.2, 0.25) is 0 Å². The molecule has 0 heterocycles. The maximum absolute atomic E-state index is 10.9. The SMILES string of the molecule is Cc1ccc(CC(C)(N)C(=O)O)cc1C. The zero-order chi connectivity index (χ0) is 11.6. The van der Waals surface area contributed by atoms with Gasteiger partial charge in [0, 0.05) is 6.42 Å². The first-order chi connectivity index (χ1) is 6.83. The summed E-state index contributed by atoms with van der Waals surface area (Å²) in [6, 6.07) is 5.91. The minimum absolute atomic E-state index is 0.351. The molecule has 1 aromatic carbocycles. The van der Waals surface area contributed by atoms with Gasteiger partial charge in [-0.2, -0.15) is 0 Å². The van der Waals surface area contributed by atoms with Gasteiger partial charge in [0.05, 0.1) is 0 Å². The number of hydrogen-bond donors (Lipinski definition) is 2. The predicted molar refractivity (Wildman–Crippen MR) is 59.8 cm³/mol. The molecule has 0 radical (unpaired) electrons. The Morgan fingerprint density at radius 3 is 2.47 bits per heavy atom. The molecule has 0 fully saturated rings. The molecule has 0 aliphatic carbocycles. The van der Waals surface area contributed by atoms with Crippen LogP contribution >= 0.6 is 0 Å². The van der Waals surface area contributed by atoms with Crippen LogP contribution in [0.2, 0.25) is 0 Å². The molecule has 15 heavy (non-hydrogen) atoms. The van der Waals surface area contributed by atoms with Gasteiger partial charge in [0.25, 0.3) is 0 Å². The van der Waals surface area contributed by atoms with Crippen LogP contribution in [-0.4, -0.2) is 16.6 Å². The molecule has 0 aromatic heterocycles. The number of aliphatic carboxylic acids is 1. The van der Waals surface area contributed by atoms with Crippen molar-refractivity contribution >= 4 is 5.97 Å². The normalized spacial score (nSPS) is 14.7. The zero-order valence-electron chi connectivity index (χ0n) is 9.37. The van der Waals surface area contributed by atoms with E-state index in [1.165, 1.54) is 12.5 Å². The van der Waals surface area contributed by atoms with Crippen LogP contribution in [0.25, 0.3) is 0 Å². The fourth-order valence-corrected chi connectivity index (χ4v) is 1.41. The number of carboxylic acids is 1. The van der Waals surface area contributed by atoms with E-state index in [-0.39, 0.29) is 0 Å². The zero-order valence-corrected chi connectivity index (χ0v) is 9.37. The number of hydrogen-bond acceptors (Lipinski definition) is 2. The molecule has 3 heteroatoms. The van der Waals surface area contributed by atoms with Gasteiger partial charge < -0.3 is 10.8 Å². The Morgan fingerprint density at radius 2 is 2.00 bits per heavy atom. The van der Waals surface area contributed by atoms with Gasteiger partial charge >= 0.3 is 5.97 Å². The Balaban J connectivity index is 2.91. The van der Waals surface area contributed by atoms with E-state index < -0.39 is 11.5 Å². The molecule has 0 aliphatic heterocycles. The van der Waals surface area contributed by atoms with Crippen molar-refractivity contribution in [1.82, 2.24) is 0 Å². The summed E-state index contributed by atoms with van der Waals surface area (Å²) >= 11 is 0. The van der Waals surface area contributed by atoms with Crippen molar-refractivity contribution in [2.75, 3.05) is 0 Å². The largest absolute Gasteiger partial charge is 0.480 e. The Morgan fingerprint density at radius 1 is 1.40 bits per heavy atom. The Bertz CT molecular complexity index is 383. The van der Waals surface area contributed by atoms with E-state index in [0.717, 1.165) is 11.1 Å². The van der Waals surface area contributed by atoms with Crippen molar-refractivity contribution in [2.45, 2.75) is 32.7 Å². The topological polar surface area (TPSA) is 63.3 Å². The van der Waals surface area contributed by atoms with Crippen molar-refractivity contribution in [3.05, 3.63) is 34.9 Å². The van der Waals surface area contributed by atoms with Crippen molar-refractivity contribution in [1.29, 1.82) is 0 Å². The van der Waals surface area contributed by atoms with Crippen LogP contribution in [0.1, 0.15) is 23.6 Å². The van der Waals surface area contributed by atoms with Gasteiger partial charge in [0.15, 0.2) is 0 Å². The Kier molecular flexibility index (Phi) is 3.15. The van der Waals surface area contributed by atoms with Crippen molar-refractivity contribution in [3.63, 3.8) is 0 Å². The summed E-state index contributed by atoms with van der Waals surface area (Å²) in [5, 5.41) is 8.90. The summed E-state index contributed by atoms with van der Waals surface area (Å²) in [4.78, 5) is 10.9. The molecule has 0 saturated heterocycles. The minimum atomic E-state index is -1.19. The van der Waals surface area contributed by atoms with Crippen molar-refractivity contribution in [2.24, 2.45) is 5.73 Å². The van der Waals surface area contributed by atoms with Gasteiger partial charge in [-0.25, -0.2) is 0 Å². The van der Waals surface area contributed by atoms with Crippen LogP contribution in [0.5, 0.6) is 0 Å². The minimum Gasteiger partial charge on any atom is -0.480 e. The highest BCUT2D eigenvalue weighted by Gasteiger charge is 2.27. The number of carboxylic acid groups (broad SMARTS) is 1. The highest BCUT2D eigenvalue weighted by Crippen LogP contribution is 2.15. The molecule has 1 atom stereocenters. The molecular weight excluding hydrogens is 190 g/mol. The first kappa shape index (κ1) is 11.7. The van der Waals surface area contributed by atoms with Gasteiger partial charge in [-0.3, -0.25) is 4.79 Å². The summed E-state index contributed by atoms with van der Waals surface area (Å²) in [7, 11) is 0. The molecule has 0 amide bonds. The number of aryl methyl sites for hydroxylation is 2. The first-order valence-corrected chi connectivity index (χ1v) is 4.91. The van der Waals surface area contributed by atoms with Crippen LogP contribution in [-0.2, 0) is 11.2 Å². The second kappa shape index (κ2) is 4.03. The van der Waals surface area contributed by atoms with E-state index in [4.69, 9.17) is 10.8 Å². The molecule has 0 spiro atoms. The van der Waals surface area contributed by atoms with Gasteiger partial charge in [-0.1, -0.05) is 18.2 Å². The van der Waals surface area contributed by atoms with E-state index in [2.05, 4.69) is 0 Å². The second-order valence-electron chi connectivity index (χ2n) is 4.32. The van der Waals surface area contributed by atoms with Crippen LogP contribution < -0.4 is 5.73 Å². The molecule has 0 saturated carbocycles. The quantitative estimate of drug-likeness (QED) is 0.792. The van der Waals surface area contributed by atoms with Crippen LogP contribution in [0.3, 0.4) is 0 Å². The van der Waals surface area contributed by atoms with Gasteiger partial charge in [-0.15, -0.1) is 0 Å². The molecule has 0 bridgehead atoms. The third-order valence-corrected chi connectivity index (χ3v) is 2.63. The summed E-state index contributed by atoms with van der Waals surface area (Å²) < 4.78 is 0. The van der Waals surface area contributed by atoms with Crippen molar-refractivity contribution < 1.29 is 9.90 Å². The fraction of sp³-hybridized carbons (Fsp3) is 0.417. The number of carbonyl (C=O) groups is 1. The van der Waals surface area contributed by atoms with E-state index in [0.29, 0.717) is 6.42 Å². The highest BCUT2D eigenvalue weighted by molar-refractivity contribution is 5.78. The van der Waals surface area contributed by atoms with Crippen LogP contribution in [0.4, 0.5) is 0 Å². The van der Waals surface area contributed by atoms with E-state index in [1.54, 1.807) is 0 Å². The molecular formula is C12H17NO2. The first-order valence-electron chi connectivity index (χ1n) is 4.91. The number of rotatable bonds is 3. The number of benzene rings is 1. The summed E-state index contributed by atoms with van der Waals surface area (Å²) in [5.74, 6) is -0.972. The molecule has 3 N–H and O–H groups in total. The fourth-order valence-electron chi connectivity index (χ4n) is 1.41. The maximum Gasteiger partial charge on any atom is 0.323 e. The van der Waals surface area contributed by atoms with Gasteiger partial charge in [-0.05, 0) is 37.5 Å². The molecule has 3 nitrogen and oxygen atoms in total. The molecule has 1 rings (SSSR count). The third-order valence-electron chi connectivity index (χ3n) is 2.63. The van der Waals surface area contributed by atoms with E-state index >= 15 is 0 Å². The number of nitrogens with two attached hydrogens (primary N) is 1. The average Bonchev–Trinajstić information content (AvgIpc) is 2.10. The van der Waals surface area contributed by atoms with Gasteiger partial charge in [0.1, 0.15) is 5.54 Å². The average molecular weight is 207 g/mol. The second-order valence-corrected chi connectivity index (χ2v) is 4.32. The smallest absolute Gasteiger partial charge is 0.323 e. The Hall–Kier alpha value is -1.35. The summed E-state index contributed by atoms with van der Waals surface area (Å²) in [6.45, 7) is 5.57.